The van der Waals surface area contributed by atoms with Crippen LogP contribution in [0.3, 0.4) is 0 Å². The number of ether oxygens (including phenoxy) is 3. The highest BCUT2D eigenvalue weighted by Crippen LogP contribution is 2.40. The van der Waals surface area contributed by atoms with E-state index in [0.29, 0.717) is 54.7 Å². The summed E-state index contributed by atoms with van der Waals surface area (Å²) >= 11 is 0. The van der Waals surface area contributed by atoms with Gasteiger partial charge in [-0.15, -0.1) is 10.2 Å². The molecule has 1 aliphatic heterocycles. The van der Waals surface area contributed by atoms with Gasteiger partial charge in [0.25, 0.3) is 0 Å². The minimum Gasteiger partial charge on any atom is -0.493 e. The van der Waals surface area contributed by atoms with Crippen molar-refractivity contribution >= 4 is 17.4 Å². The first-order chi connectivity index (χ1) is 15.6. The van der Waals surface area contributed by atoms with Crippen molar-refractivity contribution in [3.63, 3.8) is 0 Å². The number of nitrogens with one attached hydrogen (secondary N) is 1. The lowest BCUT2D eigenvalue weighted by Crippen LogP contribution is -2.38. The molecule has 168 valence electrons. The van der Waals surface area contributed by atoms with Crippen molar-refractivity contribution in [1.82, 2.24) is 25.0 Å². The smallest absolute Gasteiger partial charge is 0.227 e. The van der Waals surface area contributed by atoms with Gasteiger partial charge in [-0.2, -0.15) is 5.10 Å². The van der Waals surface area contributed by atoms with E-state index >= 15 is 0 Å². The molecule has 0 unspecified atom stereocenters. The molecule has 0 bridgehead atoms. The first-order valence-electron chi connectivity index (χ1n) is 10.2. The number of hydrogen-bond donors (Lipinski definition) is 1. The van der Waals surface area contributed by atoms with Gasteiger partial charge in [0, 0.05) is 36.8 Å². The summed E-state index contributed by atoms with van der Waals surface area (Å²) in [6, 6.07) is 7.20. The summed E-state index contributed by atoms with van der Waals surface area (Å²) in [6.07, 6.45) is 4.44. The average Bonchev–Trinajstić information content (AvgIpc) is 3.38. The standard InChI is InChI=1S/C21H25N7O4/c1-30-16-10-15(11-17(31-2)20(16)32-3)24-21(29)14-6-8-27(9-7-14)18-4-5-19(26-25-18)28-13-22-12-23-28/h4-5,10-14H,6-9H2,1-3H3,(H,24,29). The molecule has 11 heteroatoms. The molecule has 0 radical (unpaired) electrons. The monoisotopic (exact) mass is 439 g/mol. The van der Waals surface area contributed by atoms with Crippen molar-refractivity contribution in [3.05, 3.63) is 36.9 Å². The third kappa shape index (κ3) is 4.41. The number of carbonyl (C=O) groups excluding carboxylic acids is 1. The molecule has 1 saturated heterocycles. The van der Waals surface area contributed by atoms with E-state index in [4.69, 9.17) is 14.2 Å². The van der Waals surface area contributed by atoms with Crippen LogP contribution in [0, 0.1) is 5.92 Å². The van der Waals surface area contributed by atoms with Crippen molar-refractivity contribution < 1.29 is 19.0 Å². The third-order valence-electron chi connectivity index (χ3n) is 5.41. The van der Waals surface area contributed by atoms with Gasteiger partial charge in [-0.1, -0.05) is 0 Å². The van der Waals surface area contributed by atoms with Crippen molar-refractivity contribution in [3.8, 4) is 23.1 Å². The Labute approximate surface area is 185 Å². The fraction of sp³-hybridized carbons (Fsp3) is 0.381. The molecular weight excluding hydrogens is 414 g/mol. The van der Waals surface area contributed by atoms with Crippen molar-refractivity contribution in [2.24, 2.45) is 5.92 Å². The fourth-order valence-corrected chi connectivity index (χ4v) is 3.70. The molecule has 1 aliphatic rings. The molecule has 0 aliphatic carbocycles. The van der Waals surface area contributed by atoms with Gasteiger partial charge in [0.2, 0.25) is 11.7 Å². The summed E-state index contributed by atoms with van der Waals surface area (Å²) in [4.78, 5) is 18.9. The Kier molecular flexibility index (Phi) is 6.34. The summed E-state index contributed by atoms with van der Waals surface area (Å²) in [5.41, 5.74) is 0.599. The molecule has 0 saturated carbocycles. The lowest BCUT2D eigenvalue weighted by Gasteiger charge is -2.31. The largest absolute Gasteiger partial charge is 0.493 e. The van der Waals surface area contributed by atoms with Gasteiger partial charge in [0.1, 0.15) is 12.7 Å². The third-order valence-corrected chi connectivity index (χ3v) is 5.41. The molecule has 3 heterocycles. The van der Waals surface area contributed by atoms with Crippen LogP contribution in [0.2, 0.25) is 0 Å². The van der Waals surface area contributed by atoms with Crippen LogP contribution in [0.15, 0.2) is 36.9 Å². The average molecular weight is 439 g/mol. The number of nitrogens with zero attached hydrogens (tertiary/aromatic N) is 6. The van der Waals surface area contributed by atoms with Crippen LogP contribution in [0.5, 0.6) is 17.2 Å². The number of methoxy groups -OCH3 is 3. The summed E-state index contributed by atoms with van der Waals surface area (Å²) in [5, 5.41) is 15.5. The maximum absolute atomic E-state index is 12.9. The second-order valence-corrected chi connectivity index (χ2v) is 7.25. The van der Waals surface area contributed by atoms with E-state index in [2.05, 4.69) is 30.5 Å². The summed E-state index contributed by atoms with van der Waals surface area (Å²) in [5.74, 6) is 2.70. The number of hydrogen-bond acceptors (Lipinski definition) is 9. The lowest BCUT2D eigenvalue weighted by atomic mass is 9.95. The van der Waals surface area contributed by atoms with Crippen LogP contribution in [-0.2, 0) is 4.79 Å². The molecule has 4 rings (SSSR count). The highest BCUT2D eigenvalue weighted by atomic mass is 16.5. The molecule has 0 atom stereocenters. The fourth-order valence-electron chi connectivity index (χ4n) is 3.70. The van der Waals surface area contributed by atoms with E-state index in [0.717, 1.165) is 5.82 Å². The van der Waals surface area contributed by atoms with Crippen molar-refractivity contribution in [1.29, 1.82) is 0 Å². The Morgan fingerprint density at radius 3 is 2.19 bits per heavy atom. The van der Waals surface area contributed by atoms with E-state index in [9.17, 15) is 4.79 Å². The predicted molar refractivity (Wildman–Crippen MR) is 117 cm³/mol. The summed E-state index contributed by atoms with van der Waals surface area (Å²) in [7, 11) is 4.62. The Hall–Kier alpha value is -3.89. The van der Waals surface area contributed by atoms with Crippen LogP contribution >= 0.6 is 0 Å². The zero-order valence-corrected chi connectivity index (χ0v) is 18.2. The number of benzene rings is 1. The second kappa shape index (κ2) is 9.50. The summed E-state index contributed by atoms with van der Waals surface area (Å²) < 4.78 is 17.6. The number of amides is 1. The van der Waals surface area contributed by atoms with Gasteiger partial charge in [-0.3, -0.25) is 4.79 Å². The zero-order valence-electron chi connectivity index (χ0n) is 18.2. The van der Waals surface area contributed by atoms with E-state index in [-0.39, 0.29) is 11.8 Å². The van der Waals surface area contributed by atoms with E-state index < -0.39 is 0 Å². The van der Waals surface area contributed by atoms with E-state index in [1.54, 1.807) is 44.5 Å². The van der Waals surface area contributed by atoms with Crippen molar-refractivity contribution in [2.45, 2.75) is 12.8 Å². The van der Waals surface area contributed by atoms with Crippen LogP contribution in [0.1, 0.15) is 12.8 Å². The topological polar surface area (TPSA) is 117 Å². The molecule has 11 nitrogen and oxygen atoms in total. The Bertz CT molecular complexity index is 1020. The zero-order chi connectivity index (χ0) is 22.5. The number of piperidine rings is 1. The minimum absolute atomic E-state index is 0.0356. The molecule has 1 amide bonds. The van der Waals surface area contributed by atoms with Gasteiger partial charge in [-0.25, -0.2) is 9.67 Å². The normalized spacial score (nSPS) is 14.2. The van der Waals surface area contributed by atoms with Crippen LogP contribution in [0.25, 0.3) is 5.82 Å². The minimum atomic E-state index is -0.104. The first-order valence-corrected chi connectivity index (χ1v) is 10.2. The Morgan fingerprint density at radius 1 is 1.00 bits per heavy atom. The summed E-state index contributed by atoms with van der Waals surface area (Å²) in [6.45, 7) is 1.43. The Morgan fingerprint density at radius 2 is 1.66 bits per heavy atom. The molecule has 2 aromatic heterocycles. The quantitative estimate of drug-likeness (QED) is 0.589. The maximum Gasteiger partial charge on any atom is 0.227 e. The molecule has 0 spiro atoms. The number of carbonyl (C=O) groups is 1. The van der Waals surface area contributed by atoms with Crippen molar-refractivity contribution in [2.75, 3.05) is 44.6 Å². The second-order valence-electron chi connectivity index (χ2n) is 7.25. The highest BCUT2D eigenvalue weighted by Gasteiger charge is 2.26. The first kappa shape index (κ1) is 21.3. The maximum atomic E-state index is 12.9. The van der Waals surface area contributed by atoms with Crippen LogP contribution < -0.4 is 24.4 Å². The molecule has 3 aromatic rings. The predicted octanol–water partition coefficient (Wildman–Crippen LogP) is 1.94. The number of rotatable bonds is 7. The number of anilines is 2. The van der Waals surface area contributed by atoms with Crippen LogP contribution in [-0.4, -0.2) is 65.3 Å². The van der Waals surface area contributed by atoms with E-state index in [1.165, 1.54) is 6.33 Å². The lowest BCUT2D eigenvalue weighted by molar-refractivity contribution is -0.120. The molecule has 32 heavy (non-hydrogen) atoms. The van der Waals surface area contributed by atoms with Gasteiger partial charge >= 0.3 is 0 Å². The molecule has 1 N–H and O–H groups in total. The van der Waals surface area contributed by atoms with E-state index in [1.807, 2.05) is 12.1 Å². The molecular formula is C21H25N7O4. The van der Waals surface area contributed by atoms with Gasteiger partial charge in [0.05, 0.1) is 21.3 Å². The SMILES string of the molecule is COc1cc(NC(=O)C2CCN(c3ccc(-n4cncn4)nn3)CC2)cc(OC)c1OC. The number of aromatic nitrogens is 5. The van der Waals surface area contributed by atoms with Gasteiger partial charge in [0.15, 0.2) is 23.1 Å². The Balaban J connectivity index is 1.37. The van der Waals surface area contributed by atoms with Crippen LogP contribution in [0.4, 0.5) is 11.5 Å². The molecule has 1 fully saturated rings. The van der Waals surface area contributed by atoms with Gasteiger partial charge < -0.3 is 24.4 Å². The highest BCUT2D eigenvalue weighted by molar-refractivity contribution is 5.93. The molecule has 1 aromatic carbocycles. The van der Waals surface area contributed by atoms with Gasteiger partial charge in [-0.05, 0) is 25.0 Å².